The SMILES string of the molecule is COC(=O)C1=C(C)NC(=O)N[C@H]1c1ccc2c(c1)CC(C)(C)O2. The number of carbonyl (C=O) groups excluding carboxylic acids is 2. The number of allylic oxidation sites excluding steroid dienone is 1. The predicted octanol–water partition coefficient (Wildman–Crippen LogP) is 2.20. The molecule has 1 aromatic rings. The van der Waals surface area contributed by atoms with Gasteiger partial charge in [0.25, 0.3) is 0 Å². The fourth-order valence-corrected chi connectivity index (χ4v) is 3.13. The minimum Gasteiger partial charge on any atom is -0.487 e. The molecule has 0 spiro atoms. The van der Waals surface area contributed by atoms with Crippen molar-refractivity contribution in [3.05, 3.63) is 40.6 Å². The van der Waals surface area contributed by atoms with E-state index in [9.17, 15) is 9.59 Å². The van der Waals surface area contributed by atoms with E-state index in [1.165, 1.54) is 7.11 Å². The molecule has 2 heterocycles. The van der Waals surface area contributed by atoms with Gasteiger partial charge in [-0.15, -0.1) is 0 Å². The summed E-state index contributed by atoms with van der Waals surface area (Å²) in [5.41, 5.74) is 2.57. The molecule has 0 radical (unpaired) electrons. The Bertz CT molecular complexity index is 721. The number of methoxy groups -OCH3 is 1. The van der Waals surface area contributed by atoms with E-state index in [4.69, 9.17) is 9.47 Å². The first-order valence-corrected chi connectivity index (χ1v) is 7.49. The molecule has 2 amide bonds. The van der Waals surface area contributed by atoms with Crippen LogP contribution in [0.15, 0.2) is 29.5 Å². The first-order chi connectivity index (χ1) is 10.8. The molecular formula is C17H20N2O4. The summed E-state index contributed by atoms with van der Waals surface area (Å²) >= 11 is 0. The largest absolute Gasteiger partial charge is 0.487 e. The summed E-state index contributed by atoms with van der Waals surface area (Å²) in [6.45, 7) is 5.75. The molecule has 0 aliphatic carbocycles. The molecule has 2 N–H and O–H groups in total. The van der Waals surface area contributed by atoms with Crippen molar-refractivity contribution in [2.45, 2.75) is 38.8 Å². The zero-order chi connectivity index (χ0) is 16.8. The molecule has 2 aliphatic rings. The van der Waals surface area contributed by atoms with Gasteiger partial charge >= 0.3 is 12.0 Å². The van der Waals surface area contributed by atoms with E-state index in [0.717, 1.165) is 23.3 Å². The topological polar surface area (TPSA) is 76.7 Å². The van der Waals surface area contributed by atoms with Crippen molar-refractivity contribution >= 4 is 12.0 Å². The number of ether oxygens (including phenoxy) is 2. The molecule has 1 aromatic carbocycles. The minimum absolute atomic E-state index is 0.241. The highest BCUT2D eigenvalue weighted by Gasteiger charge is 2.34. The number of esters is 1. The lowest BCUT2D eigenvalue weighted by Gasteiger charge is -2.28. The number of hydrogen-bond acceptors (Lipinski definition) is 4. The highest BCUT2D eigenvalue weighted by atomic mass is 16.5. The van der Waals surface area contributed by atoms with Gasteiger partial charge in [0, 0.05) is 12.1 Å². The number of amides is 2. The number of urea groups is 1. The third-order valence-electron chi connectivity index (χ3n) is 4.09. The first-order valence-electron chi connectivity index (χ1n) is 7.49. The average Bonchev–Trinajstić information content (AvgIpc) is 2.78. The van der Waals surface area contributed by atoms with Crippen LogP contribution in [-0.4, -0.2) is 24.7 Å². The van der Waals surface area contributed by atoms with Crippen molar-refractivity contribution in [3.63, 3.8) is 0 Å². The Morgan fingerprint density at radius 2 is 2.13 bits per heavy atom. The van der Waals surface area contributed by atoms with Gasteiger partial charge in [-0.1, -0.05) is 6.07 Å². The summed E-state index contributed by atoms with van der Waals surface area (Å²) in [6, 6.07) is 4.86. The van der Waals surface area contributed by atoms with Gasteiger partial charge in [-0.25, -0.2) is 9.59 Å². The maximum Gasteiger partial charge on any atom is 0.337 e. The third-order valence-corrected chi connectivity index (χ3v) is 4.09. The Morgan fingerprint density at radius 3 is 2.83 bits per heavy atom. The molecule has 23 heavy (non-hydrogen) atoms. The second-order valence-electron chi connectivity index (χ2n) is 6.47. The van der Waals surface area contributed by atoms with Crippen LogP contribution in [0.5, 0.6) is 5.75 Å². The fraction of sp³-hybridized carbons (Fsp3) is 0.412. The van der Waals surface area contributed by atoms with Crippen LogP contribution in [-0.2, 0) is 16.0 Å². The molecule has 2 aliphatic heterocycles. The molecule has 0 bridgehead atoms. The van der Waals surface area contributed by atoms with Gasteiger partial charge < -0.3 is 20.1 Å². The smallest absolute Gasteiger partial charge is 0.337 e. The number of rotatable bonds is 2. The lowest BCUT2D eigenvalue weighted by atomic mass is 9.92. The Morgan fingerprint density at radius 1 is 1.39 bits per heavy atom. The minimum atomic E-state index is -0.537. The predicted molar refractivity (Wildman–Crippen MR) is 84.0 cm³/mol. The van der Waals surface area contributed by atoms with Gasteiger partial charge in [-0.3, -0.25) is 0 Å². The Hall–Kier alpha value is -2.50. The van der Waals surface area contributed by atoms with Gasteiger partial charge in [-0.2, -0.15) is 0 Å². The van der Waals surface area contributed by atoms with E-state index >= 15 is 0 Å². The normalized spacial score (nSPS) is 21.9. The molecule has 0 saturated heterocycles. The van der Waals surface area contributed by atoms with E-state index in [2.05, 4.69) is 10.6 Å². The van der Waals surface area contributed by atoms with Crippen molar-refractivity contribution in [1.82, 2.24) is 10.6 Å². The van der Waals surface area contributed by atoms with Gasteiger partial charge in [0.2, 0.25) is 0 Å². The quantitative estimate of drug-likeness (QED) is 0.820. The molecule has 6 heteroatoms. The molecular weight excluding hydrogens is 296 g/mol. The summed E-state index contributed by atoms with van der Waals surface area (Å²) in [4.78, 5) is 23.9. The van der Waals surface area contributed by atoms with Crippen molar-refractivity contribution in [2.75, 3.05) is 7.11 Å². The summed E-state index contributed by atoms with van der Waals surface area (Å²) in [6.07, 6.45) is 0.783. The maximum atomic E-state index is 12.1. The molecule has 122 valence electrons. The monoisotopic (exact) mass is 316 g/mol. The molecule has 6 nitrogen and oxygen atoms in total. The summed E-state index contributed by atoms with van der Waals surface area (Å²) in [5.74, 6) is 0.386. The maximum absolute atomic E-state index is 12.1. The second-order valence-corrected chi connectivity index (χ2v) is 6.47. The molecule has 1 atom stereocenters. The number of benzene rings is 1. The van der Waals surface area contributed by atoms with Crippen molar-refractivity contribution in [2.24, 2.45) is 0 Å². The van der Waals surface area contributed by atoms with E-state index in [1.54, 1.807) is 6.92 Å². The van der Waals surface area contributed by atoms with E-state index < -0.39 is 12.0 Å². The van der Waals surface area contributed by atoms with Gasteiger partial charge in [0.1, 0.15) is 11.4 Å². The van der Waals surface area contributed by atoms with E-state index in [0.29, 0.717) is 11.3 Å². The Balaban J connectivity index is 2.02. The van der Waals surface area contributed by atoms with Crippen LogP contribution < -0.4 is 15.4 Å². The number of hydrogen-bond donors (Lipinski definition) is 2. The van der Waals surface area contributed by atoms with Crippen LogP contribution in [0.25, 0.3) is 0 Å². The third kappa shape index (κ3) is 2.76. The standard InChI is InChI=1S/C17H20N2O4/c1-9-13(15(20)22-4)14(19-16(21)18-9)10-5-6-12-11(7-10)8-17(2,3)23-12/h5-7,14H,8H2,1-4H3,(H2,18,19,21)/t14-/m0/s1. The molecule has 0 fully saturated rings. The van der Waals surface area contributed by atoms with Gasteiger partial charge in [0.05, 0.1) is 18.7 Å². The lowest BCUT2D eigenvalue weighted by Crippen LogP contribution is -2.45. The molecule has 3 rings (SSSR count). The average molecular weight is 316 g/mol. The lowest BCUT2D eigenvalue weighted by molar-refractivity contribution is -0.136. The molecule has 0 unspecified atom stereocenters. The molecule has 0 saturated carbocycles. The summed E-state index contributed by atoms with van der Waals surface area (Å²) in [5, 5.41) is 5.40. The van der Waals surface area contributed by atoms with Crippen LogP contribution in [0.2, 0.25) is 0 Å². The molecule has 0 aromatic heterocycles. The second kappa shape index (κ2) is 5.30. The van der Waals surface area contributed by atoms with Gasteiger partial charge in [-0.05, 0) is 44.0 Å². The Kier molecular flexibility index (Phi) is 3.55. The number of fused-ring (bicyclic) bond motifs is 1. The summed E-state index contributed by atoms with van der Waals surface area (Å²) in [7, 11) is 1.33. The van der Waals surface area contributed by atoms with Crippen LogP contribution in [0, 0.1) is 0 Å². The fourth-order valence-electron chi connectivity index (χ4n) is 3.13. The zero-order valence-corrected chi connectivity index (χ0v) is 13.6. The van der Waals surface area contributed by atoms with Crippen LogP contribution in [0.1, 0.15) is 37.9 Å². The first kappa shape index (κ1) is 15.4. The number of nitrogens with one attached hydrogen (secondary N) is 2. The van der Waals surface area contributed by atoms with Crippen molar-refractivity contribution in [3.8, 4) is 5.75 Å². The van der Waals surface area contributed by atoms with Crippen LogP contribution in [0.3, 0.4) is 0 Å². The van der Waals surface area contributed by atoms with Crippen LogP contribution in [0.4, 0.5) is 4.79 Å². The van der Waals surface area contributed by atoms with E-state index in [-0.39, 0.29) is 11.6 Å². The van der Waals surface area contributed by atoms with Crippen molar-refractivity contribution in [1.29, 1.82) is 0 Å². The zero-order valence-electron chi connectivity index (χ0n) is 13.6. The highest BCUT2D eigenvalue weighted by molar-refractivity contribution is 5.94. The summed E-state index contributed by atoms with van der Waals surface area (Å²) < 4.78 is 10.7. The van der Waals surface area contributed by atoms with Crippen molar-refractivity contribution < 1.29 is 19.1 Å². The van der Waals surface area contributed by atoms with Crippen LogP contribution >= 0.6 is 0 Å². The van der Waals surface area contributed by atoms with Gasteiger partial charge in [0.15, 0.2) is 0 Å². The highest BCUT2D eigenvalue weighted by Crippen LogP contribution is 2.37. The number of carbonyl (C=O) groups is 2. The van der Waals surface area contributed by atoms with E-state index in [1.807, 2.05) is 32.0 Å². The Labute approximate surface area is 134 Å².